The van der Waals surface area contributed by atoms with Crippen molar-refractivity contribution < 1.29 is 4.79 Å². The average Bonchev–Trinajstić information content (AvgIpc) is 2.60. The number of carbonyl (C=O) groups is 1. The summed E-state index contributed by atoms with van der Waals surface area (Å²) in [6.07, 6.45) is 9.64. The van der Waals surface area contributed by atoms with E-state index in [0.29, 0.717) is 29.5 Å². The van der Waals surface area contributed by atoms with Gasteiger partial charge >= 0.3 is 0 Å². The highest BCUT2D eigenvalue weighted by Crippen LogP contribution is 2.51. The van der Waals surface area contributed by atoms with Gasteiger partial charge in [0, 0.05) is 5.92 Å². The van der Waals surface area contributed by atoms with Crippen molar-refractivity contribution >= 4 is 5.78 Å². The molecule has 3 aliphatic rings. The Morgan fingerprint density at radius 3 is 2.82 bits per heavy atom. The van der Waals surface area contributed by atoms with Crippen LogP contribution in [0.25, 0.3) is 0 Å². The maximum atomic E-state index is 11.3. The van der Waals surface area contributed by atoms with Crippen LogP contribution in [0, 0.1) is 23.7 Å². The van der Waals surface area contributed by atoms with Gasteiger partial charge in [0.05, 0.1) is 0 Å². The molecule has 0 N–H and O–H groups in total. The standard InChI is InChI=1S/C10H10O/c11-9-4-3-8-6-1-2-7(5-6)10(8)9/h1-4,6-8,10H,5H2/t6-,7-,8-,10-/m1/s1. The lowest BCUT2D eigenvalue weighted by molar-refractivity contribution is -0.118. The largest absolute Gasteiger partial charge is 0.295 e. The third-order valence-electron chi connectivity index (χ3n) is 3.33. The fourth-order valence-electron chi connectivity index (χ4n) is 2.84. The summed E-state index contributed by atoms with van der Waals surface area (Å²) in [5.41, 5.74) is 0. The predicted molar refractivity (Wildman–Crippen MR) is 41.9 cm³/mol. The quantitative estimate of drug-likeness (QED) is 0.474. The van der Waals surface area contributed by atoms with Crippen molar-refractivity contribution in [3.8, 4) is 0 Å². The zero-order valence-electron chi connectivity index (χ0n) is 6.23. The minimum absolute atomic E-state index is 0.338. The first-order valence-electron chi connectivity index (χ1n) is 4.26. The molecule has 2 bridgehead atoms. The van der Waals surface area contributed by atoms with Crippen LogP contribution in [0.2, 0.25) is 0 Å². The molecule has 0 aromatic carbocycles. The van der Waals surface area contributed by atoms with Crippen molar-refractivity contribution in [2.45, 2.75) is 6.42 Å². The number of rotatable bonds is 0. The summed E-state index contributed by atoms with van der Waals surface area (Å²) in [6.45, 7) is 0. The molecular formula is C10H10O. The molecule has 56 valence electrons. The zero-order valence-corrected chi connectivity index (χ0v) is 6.23. The minimum Gasteiger partial charge on any atom is -0.295 e. The fourth-order valence-corrected chi connectivity index (χ4v) is 2.84. The topological polar surface area (TPSA) is 17.1 Å². The Morgan fingerprint density at radius 1 is 1.18 bits per heavy atom. The van der Waals surface area contributed by atoms with Crippen LogP contribution in [0.15, 0.2) is 24.3 Å². The van der Waals surface area contributed by atoms with E-state index in [1.807, 2.05) is 0 Å². The van der Waals surface area contributed by atoms with E-state index in [9.17, 15) is 4.79 Å². The molecule has 1 fully saturated rings. The molecule has 0 aromatic rings. The van der Waals surface area contributed by atoms with E-state index in [-0.39, 0.29) is 0 Å². The van der Waals surface area contributed by atoms with E-state index in [4.69, 9.17) is 0 Å². The molecule has 0 amide bonds. The fraction of sp³-hybridized carbons (Fsp3) is 0.500. The third kappa shape index (κ3) is 0.550. The van der Waals surface area contributed by atoms with Gasteiger partial charge in [0.2, 0.25) is 0 Å². The third-order valence-corrected chi connectivity index (χ3v) is 3.33. The molecule has 4 atom stereocenters. The van der Waals surface area contributed by atoms with Crippen LogP contribution in [0.5, 0.6) is 0 Å². The molecular weight excluding hydrogens is 136 g/mol. The lowest BCUT2D eigenvalue weighted by atomic mass is 9.85. The van der Waals surface area contributed by atoms with Crippen molar-refractivity contribution in [1.29, 1.82) is 0 Å². The first-order chi connectivity index (χ1) is 5.36. The summed E-state index contributed by atoms with van der Waals surface area (Å²) >= 11 is 0. The molecule has 0 heterocycles. The Bertz CT molecular complexity index is 275. The molecule has 1 heteroatoms. The summed E-state index contributed by atoms with van der Waals surface area (Å²) in [6, 6.07) is 0. The smallest absolute Gasteiger partial charge is 0.159 e. The lowest BCUT2D eigenvalue weighted by Gasteiger charge is -2.17. The monoisotopic (exact) mass is 146 g/mol. The van der Waals surface area contributed by atoms with Crippen molar-refractivity contribution in [2.24, 2.45) is 23.7 Å². The highest BCUT2D eigenvalue weighted by molar-refractivity contribution is 5.95. The van der Waals surface area contributed by atoms with Crippen molar-refractivity contribution in [3.63, 3.8) is 0 Å². The number of hydrogen-bond acceptors (Lipinski definition) is 1. The first-order valence-corrected chi connectivity index (χ1v) is 4.26. The second-order valence-electron chi connectivity index (χ2n) is 3.81. The maximum Gasteiger partial charge on any atom is 0.159 e. The van der Waals surface area contributed by atoms with Gasteiger partial charge in [-0.15, -0.1) is 0 Å². The summed E-state index contributed by atoms with van der Waals surface area (Å²) in [7, 11) is 0. The number of hydrogen-bond donors (Lipinski definition) is 0. The van der Waals surface area contributed by atoms with Gasteiger partial charge in [0.25, 0.3) is 0 Å². The second-order valence-corrected chi connectivity index (χ2v) is 3.81. The van der Waals surface area contributed by atoms with E-state index in [2.05, 4.69) is 18.2 Å². The van der Waals surface area contributed by atoms with Gasteiger partial charge in [-0.05, 0) is 30.3 Å². The molecule has 0 saturated heterocycles. The van der Waals surface area contributed by atoms with Gasteiger partial charge in [-0.3, -0.25) is 4.79 Å². The van der Waals surface area contributed by atoms with E-state index in [1.54, 1.807) is 6.08 Å². The van der Waals surface area contributed by atoms with Crippen molar-refractivity contribution in [1.82, 2.24) is 0 Å². The van der Waals surface area contributed by atoms with Crippen LogP contribution in [-0.2, 0) is 4.79 Å². The molecule has 0 aliphatic heterocycles. The van der Waals surface area contributed by atoms with Gasteiger partial charge in [0.1, 0.15) is 0 Å². The van der Waals surface area contributed by atoms with Crippen LogP contribution in [0.4, 0.5) is 0 Å². The Hall–Kier alpha value is -0.850. The number of carbonyl (C=O) groups excluding carboxylic acids is 1. The SMILES string of the molecule is O=C1C=C[C@H]2[C@H]1[C@@H]1C=C[C@@H]2C1. The minimum atomic E-state index is 0.338. The number of allylic oxidation sites excluding steroid dienone is 4. The summed E-state index contributed by atoms with van der Waals surface area (Å²) in [5, 5.41) is 0. The second kappa shape index (κ2) is 1.66. The molecule has 3 rings (SSSR count). The Balaban J connectivity index is 2.08. The van der Waals surface area contributed by atoms with Crippen LogP contribution < -0.4 is 0 Å². The highest BCUT2D eigenvalue weighted by atomic mass is 16.1. The number of ketones is 1. The van der Waals surface area contributed by atoms with Gasteiger partial charge in [-0.2, -0.15) is 0 Å². The molecule has 0 spiro atoms. The molecule has 1 saturated carbocycles. The van der Waals surface area contributed by atoms with Gasteiger partial charge in [-0.25, -0.2) is 0 Å². The molecule has 1 nitrogen and oxygen atoms in total. The predicted octanol–water partition coefficient (Wildman–Crippen LogP) is 1.56. The van der Waals surface area contributed by atoms with Gasteiger partial charge in [0.15, 0.2) is 5.78 Å². The highest BCUT2D eigenvalue weighted by Gasteiger charge is 2.48. The lowest BCUT2D eigenvalue weighted by Crippen LogP contribution is -2.19. The van der Waals surface area contributed by atoms with Crippen LogP contribution in [-0.4, -0.2) is 5.78 Å². The van der Waals surface area contributed by atoms with Crippen molar-refractivity contribution in [2.75, 3.05) is 0 Å². The van der Waals surface area contributed by atoms with E-state index in [1.165, 1.54) is 6.42 Å². The van der Waals surface area contributed by atoms with Crippen LogP contribution >= 0.6 is 0 Å². The molecule has 11 heavy (non-hydrogen) atoms. The average molecular weight is 146 g/mol. The summed E-state index contributed by atoms with van der Waals surface area (Å²) in [4.78, 5) is 11.3. The Labute approximate surface area is 65.8 Å². The summed E-state index contributed by atoms with van der Waals surface area (Å²) in [5.74, 6) is 2.54. The van der Waals surface area contributed by atoms with Crippen LogP contribution in [0.3, 0.4) is 0 Å². The van der Waals surface area contributed by atoms with Crippen molar-refractivity contribution in [3.05, 3.63) is 24.3 Å². The van der Waals surface area contributed by atoms with E-state index >= 15 is 0 Å². The Morgan fingerprint density at radius 2 is 2.00 bits per heavy atom. The molecule has 0 radical (unpaired) electrons. The van der Waals surface area contributed by atoms with E-state index < -0.39 is 0 Å². The van der Waals surface area contributed by atoms with E-state index in [0.717, 1.165) is 0 Å². The maximum absolute atomic E-state index is 11.3. The first kappa shape index (κ1) is 5.76. The normalized spacial score (nSPS) is 50.7. The molecule has 0 unspecified atom stereocenters. The van der Waals surface area contributed by atoms with Gasteiger partial charge < -0.3 is 0 Å². The van der Waals surface area contributed by atoms with Gasteiger partial charge in [-0.1, -0.05) is 18.2 Å². The zero-order chi connectivity index (χ0) is 7.42. The molecule has 0 aromatic heterocycles. The van der Waals surface area contributed by atoms with Crippen LogP contribution in [0.1, 0.15) is 6.42 Å². The Kier molecular flexibility index (Phi) is 0.867. The number of fused-ring (bicyclic) bond motifs is 5. The summed E-state index contributed by atoms with van der Waals surface area (Å²) < 4.78 is 0. The molecule has 3 aliphatic carbocycles.